The van der Waals surface area contributed by atoms with Crippen LogP contribution in [0.2, 0.25) is 0 Å². The van der Waals surface area contributed by atoms with Crippen molar-refractivity contribution in [3.05, 3.63) is 59.9 Å². The van der Waals surface area contributed by atoms with Crippen molar-refractivity contribution in [1.82, 2.24) is 10.3 Å². The summed E-state index contributed by atoms with van der Waals surface area (Å²) in [6, 6.07) is 13.6. The quantitative estimate of drug-likeness (QED) is 0.936. The number of benzene rings is 1. The molecule has 21 heavy (non-hydrogen) atoms. The van der Waals surface area contributed by atoms with Crippen LogP contribution in [0.15, 0.2) is 48.8 Å². The van der Waals surface area contributed by atoms with E-state index < -0.39 is 0 Å². The van der Waals surface area contributed by atoms with Gasteiger partial charge in [0, 0.05) is 43.8 Å². The van der Waals surface area contributed by atoms with Crippen molar-refractivity contribution in [2.45, 2.75) is 32.0 Å². The Balaban J connectivity index is 1.63. The molecule has 0 saturated heterocycles. The molecule has 1 atom stereocenters. The number of nitrogens with zero attached hydrogens (tertiary/aromatic N) is 2. The minimum Gasteiger partial charge on any atom is -0.365 e. The smallest absolute Gasteiger partial charge is 0.0445 e. The number of fused-ring (bicyclic) bond motifs is 1. The number of para-hydroxylation sites is 1. The molecule has 1 aliphatic carbocycles. The van der Waals surface area contributed by atoms with Gasteiger partial charge >= 0.3 is 0 Å². The summed E-state index contributed by atoms with van der Waals surface area (Å²) in [6.45, 7) is 3.02. The number of rotatable bonds is 3. The van der Waals surface area contributed by atoms with Crippen LogP contribution in [0.25, 0.3) is 0 Å². The standard InChI is InChI=1S/C18H21N3/c1-2-6-18-16(5-1)11-20-17(15-7-8-15)13-21(18)12-14-4-3-9-19-10-14/h1-6,9-10,15,17,20H,7-8,11-13H2. The summed E-state index contributed by atoms with van der Waals surface area (Å²) >= 11 is 0. The van der Waals surface area contributed by atoms with Crippen molar-refractivity contribution in [2.75, 3.05) is 11.4 Å². The van der Waals surface area contributed by atoms with Gasteiger partial charge < -0.3 is 10.2 Å². The first-order chi connectivity index (χ1) is 10.4. The molecule has 1 unspecified atom stereocenters. The van der Waals surface area contributed by atoms with Gasteiger partial charge in [0.15, 0.2) is 0 Å². The van der Waals surface area contributed by atoms with E-state index >= 15 is 0 Å². The molecule has 4 rings (SSSR count). The van der Waals surface area contributed by atoms with Crippen LogP contribution in [0.1, 0.15) is 24.0 Å². The zero-order chi connectivity index (χ0) is 14.1. The third-order valence-corrected chi connectivity index (χ3v) is 4.59. The van der Waals surface area contributed by atoms with Crippen LogP contribution in [0.3, 0.4) is 0 Å². The predicted molar refractivity (Wildman–Crippen MR) is 85.1 cm³/mol. The molecule has 0 amide bonds. The van der Waals surface area contributed by atoms with Gasteiger partial charge in [-0.25, -0.2) is 0 Å². The SMILES string of the molecule is c1cncc(CN2CC(C3CC3)NCc3ccccc32)c1. The highest BCUT2D eigenvalue weighted by atomic mass is 15.2. The summed E-state index contributed by atoms with van der Waals surface area (Å²) < 4.78 is 0. The fourth-order valence-electron chi connectivity index (χ4n) is 3.29. The summed E-state index contributed by atoms with van der Waals surface area (Å²) in [6.07, 6.45) is 6.59. The van der Waals surface area contributed by atoms with Crippen LogP contribution in [0.5, 0.6) is 0 Å². The summed E-state index contributed by atoms with van der Waals surface area (Å²) in [5.41, 5.74) is 4.06. The summed E-state index contributed by atoms with van der Waals surface area (Å²) in [4.78, 5) is 6.78. The van der Waals surface area contributed by atoms with Gasteiger partial charge in [0.2, 0.25) is 0 Å². The number of hydrogen-bond acceptors (Lipinski definition) is 3. The first kappa shape index (κ1) is 12.8. The van der Waals surface area contributed by atoms with Crippen molar-refractivity contribution >= 4 is 5.69 Å². The molecular formula is C18H21N3. The zero-order valence-electron chi connectivity index (χ0n) is 12.2. The molecule has 1 aromatic heterocycles. The molecule has 1 fully saturated rings. The Hall–Kier alpha value is -1.87. The largest absolute Gasteiger partial charge is 0.365 e. The third-order valence-electron chi connectivity index (χ3n) is 4.59. The number of aromatic nitrogens is 1. The zero-order valence-corrected chi connectivity index (χ0v) is 12.2. The number of anilines is 1. The van der Waals surface area contributed by atoms with E-state index in [2.05, 4.69) is 45.5 Å². The molecule has 1 N–H and O–H groups in total. The van der Waals surface area contributed by atoms with E-state index in [4.69, 9.17) is 0 Å². The maximum atomic E-state index is 4.25. The van der Waals surface area contributed by atoms with E-state index in [1.807, 2.05) is 18.5 Å². The highest BCUT2D eigenvalue weighted by Gasteiger charge is 2.34. The van der Waals surface area contributed by atoms with Gasteiger partial charge in [-0.15, -0.1) is 0 Å². The Morgan fingerprint density at radius 1 is 1.14 bits per heavy atom. The molecule has 3 heteroatoms. The predicted octanol–water partition coefficient (Wildman–Crippen LogP) is 2.97. The van der Waals surface area contributed by atoms with E-state index in [9.17, 15) is 0 Å². The molecule has 108 valence electrons. The van der Waals surface area contributed by atoms with Crippen LogP contribution >= 0.6 is 0 Å². The third kappa shape index (κ3) is 2.79. The monoisotopic (exact) mass is 279 g/mol. The van der Waals surface area contributed by atoms with Crippen LogP contribution in [0, 0.1) is 5.92 Å². The van der Waals surface area contributed by atoms with Gasteiger partial charge in [0.05, 0.1) is 0 Å². The topological polar surface area (TPSA) is 28.2 Å². The molecule has 1 aliphatic heterocycles. The highest BCUT2D eigenvalue weighted by molar-refractivity contribution is 5.55. The Morgan fingerprint density at radius 2 is 2.05 bits per heavy atom. The fourth-order valence-corrected chi connectivity index (χ4v) is 3.29. The lowest BCUT2D eigenvalue weighted by molar-refractivity contribution is 0.467. The van der Waals surface area contributed by atoms with E-state index in [1.54, 1.807) is 0 Å². The summed E-state index contributed by atoms with van der Waals surface area (Å²) in [7, 11) is 0. The van der Waals surface area contributed by atoms with Gasteiger partial charge in [-0.05, 0) is 42.0 Å². The van der Waals surface area contributed by atoms with E-state index in [1.165, 1.54) is 29.7 Å². The minimum atomic E-state index is 0.620. The first-order valence-corrected chi connectivity index (χ1v) is 7.85. The van der Waals surface area contributed by atoms with E-state index in [-0.39, 0.29) is 0 Å². The van der Waals surface area contributed by atoms with Crippen LogP contribution in [-0.4, -0.2) is 17.6 Å². The Bertz CT molecular complexity index is 607. The fraction of sp³-hybridized carbons (Fsp3) is 0.389. The molecule has 1 saturated carbocycles. The number of pyridine rings is 1. The molecule has 2 aliphatic rings. The second-order valence-electron chi connectivity index (χ2n) is 6.20. The number of hydrogen-bond donors (Lipinski definition) is 1. The van der Waals surface area contributed by atoms with Crippen LogP contribution in [0.4, 0.5) is 5.69 Å². The number of nitrogens with one attached hydrogen (secondary N) is 1. The Morgan fingerprint density at radius 3 is 2.86 bits per heavy atom. The molecular weight excluding hydrogens is 258 g/mol. The van der Waals surface area contributed by atoms with Gasteiger partial charge in [-0.3, -0.25) is 4.98 Å². The second kappa shape index (κ2) is 5.49. The average molecular weight is 279 g/mol. The van der Waals surface area contributed by atoms with Crippen molar-refractivity contribution < 1.29 is 0 Å². The lowest BCUT2D eigenvalue weighted by Gasteiger charge is -2.27. The minimum absolute atomic E-state index is 0.620. The normalized spacial score (nSPS) is 21.7. The summed E-state index contributed by atoms with van der Waals surface area (Å²) in [5, 5.41) is 3.76. The molecule has 2 heterocycles. The van der Waals surface area contributed by atoms with Gasteiger partial charge in [-0.1, -0.05) is 24.3 Å². The summed E-state index contributed by atoms with van der Waals surface area (Å²) in [5.74, 6) is 0.871. The lowest BCUT2D eigenvalue weighted by Crippen LogP contribution is -2.39. The van der Waals surface area contributed by atoms with Gasteiger partial charge in [0.25, 0.3) is 0 Å². The van der Waals surface area contributed by atoms with E-state index in [0.717, 1.165) is 25.6 Å². The molecule has 0 radical (unpaired) electrons. The Kier molecular flexibility index (Phi) is 3.36. The van der Waals surface area contributed by atoms with Crippen molar-refractivity contribution in [3.63, 3.8) is 0 Å². The maximum Gasteiger partial charge on any atom is 0.0445 e. The molecule has 3 nitrogen and oxygen atoms in total. The molecule has 0 spiro atoms. The van der Waals surface area contributed by atoms with E-state index in [0.29, 0.717) is 6.04 Å². The van der Waals surface area contributed by atoms with Gasteiger partial charge in [0.1, 0.15) is 0 Å². The molecule has 1 aromatic carbocycles. The molecule has 2 aromatic rings. The average Bonchev–Trinajstić information content (AvgIpc) is 3.36. The van der Waals surface area contributed by atoms with Crippen LogP contribution < -0.4 is 10.2 Å². The highest BCUT2D eigenvalue weighted by Crippen LogP contribution is 2.36. The lowest BCUT2D eigenvalue weighted by atomic mass is 10.1. The first-order valence-electron chi connectivity index (χ1n) is 7.85. The second-order valence-corrected chi connectivity index (χ2v) is 6.20. The molecule has 0 bridgehead atoms. The maximum absolute atomic E-state index is 4.25. The van der Waals surface area contributed by atoms with Crippen LogP contribution in [-0.2, 0) is 13.1 Å². The van der Waals surface area contributed by atoms with Crippen molar-refractivity contribution in [3.8, 4) is 0 Å². The van der Waals surface area contributed by atoms with Crippen molar-refractivity contribution in [2.24, 2.45) is 5.92 Å². The van der Waals surface area contributed by atoms with Gasteiger partial charge in [-0.2, -0.15) is 0 Å². The Labute approximate surface area is 126 Å². The van der Waals surface area contributed by atoms with Crippen molar-refractivity contribution in [1.29, 1.82) is 0 Å².